The molecule has 0 radical (unpaired) electrons. The van der Waals surface area contributed by atoms with E-state index in [1.165, 1.54) is 25.7 Å². The number of nitrogens with zero attached hydrogens (tertiary/aromatic N) is 1. The van der Waals surface area contributed by atoms with Gasteiger partial charge in [-0.2, -0.15) is 0 Å². The monoisotopic (exact) mass is 141 g/mol. The molecule has 1 rings (SSSR count). The van der Waals surface area contributed by atoms with Crippen LogP contribution >= 0.6 is 0 Å². The molecular weight excluding hydrogens is 122 g/mol. The Hall–Kier alpha value is -0.0400. The second-order valence-corrected chi connectivity index (χ2v) is 3.79. The molecule has 60 valence electrons. The summed E-state index contributed by atoms with van der Waals surface area (Å²) >= 11 is 0. The topological polar surface area (TPSA) is 3.24 Å². The van der Waals surface area contributed by atoms with E-state index in [2.05, 4.69) is 25.9 Å². The molecule has 2 atom stereocenters. The first-order valence-corrected chi connectivity index (χ1v) is 4.38. The molecule has 1 nitrogen and oxygen atoms in total. The van der Waals surface area contributed by atoms with Crippen molar-refractivity contribution in [2.75, 3.05) is 14.1 Å². The van der Waals surface area contributed by atoms with Gasteiger partial charge in [-0.15, -0.1) is 0 Å². The Bertz CT molecular complexity index is 98.9. The lowest BCUT2D eigenvalue weighted by molar-refractivity contribution is 0.167. The third-order valence-corrected chi connectivity index (χ3v) is 2.73. The molecule has 10 heavy (non-hydrogen) atoms. The Kier molecular flexibility index (Phi) is 2.72. The lowest BCUT2D eigenvalue weighted by Gasteiger charge is -2.33. The van der Waals surface area contributed by atoms with Gasteiger partial charge in [0.25, 0.3) is 0 Å². The van der Waals surface area contributed by atoms with Gasteiger partial charge < -0.3 is 4.90 Å². The molecule has 0 heterocycles. The third kappa shape index (κ3) is 1.72. The molecule has 0 saturated heterocycles. The van der Waals surface area contributed by atoms with Crippen LogP contribution in [0.4, 0.5) is 0 Å². The van der Waals surface area contributed by atoms with E-state index in [-0.39, 0.29) is 0 Å². The Morgan fingerprint density at radius 1 is 1.10 bits per heavy atom. The molecule has 1 heteroatoms. The molecule has 1 unspecified atom stereocenters. The average Bonchev–Trinajstić information content (AvgIpc) is 1.88. The minimum Gasteiger partial charge on any atom is -0.306 e. The fraction of sp³-hybridized carbons (Fsp3) is 1.00. The zero-order chi connectivity index (χ0) is 7.56. The van der Waals surface area contributed by atoms with Crippen LogP contribution in [0.1, 0.15) is 32.6 Å². The summed E-state index contributed by atoms with van der Waals surface area (Å²) in [5.74, 6) is 0.920. The van der Waals surface area contributed by atoms with Crippen LogP contribution in [0, 0.1) is 5.92 Å². The van der Waals surface area contributed by atoms with Crippen molar-refractivity contribution in [3.8, 4) is 0 Å². The fourth-order valence-corrected chi connectivity index (χ4v) is 2.06. The van der Waals surface area contributed by atoms with Crippen LogP contribution in [0.25, 0.3) is 0 Å². The van der Waals surface area contributed by atoms with Crippen LogP contribution in [0.2, 0.25) is 0 Å². The number of hydrogen-bond acceptors (Lipinski definition) is 1. The summed E-state index contributed by atoms with van der Waals surface area (Å²) in [6, 6.07) is 0.855. The SMILES string of the molecule is C[C@@H]1CCCCC1N(C)C. The molecule has 0 bridgehead atoms. The third-order valence-electron chi connectivity index (χ3n) is 2.73. The maximum Gasteiger partial charge on any atom is 0.0115 e. The standard InChI is InChI=1S/C9H19N/c1-8-6-4-5-7-9(8)10(2)3/h8-9H,4-7H2,1-3H3/t8-,9?/m1/s1. The predicted molar refractivity (Wildman–Crippen MR) is 45.1 cm³/mol. The van der Waals surface area contributed by atoms with Gasteiger partial charge in [0.15, 0.2) is 0 Å². The molecule has 0 N–H and O–H groups in total. The first-order chi connectivity index (χ1) is 4.72. The highest BCUT2D eigenvalue weighted by molar-refractivity contribution is 4.77. The normalized spacial score (nSPS) is 34.8. The molecule has 1 fully saturated rings. The smallest absolute Gasteiger partial charge is 0.0115 e. The molecular formula is C9H19N. The minimum atomic E-state index is 0.855. The lowest BCUT2D eigenvalue weighted by Crippen LogP contribution is -2.36. The molecule has 1 saturated carbocycles. The lowest BCUT2D eigenvalue weighted by atomic mass is 9.85. The highest BCUT2D eigenvalue weighted by atomic mass is 15.1. The second-order valence-electron chi connectivity index (χ2n) is 3.79. The fourth-order valence-electron chi connectivity index (χ4n) is 2.06. The van der Waals surface area contributed by atoms with Crippen molar-refractivity contribution in [1.29, 1.82) is 0 Å². The van der Waals surface area contributed by atoms with Crippen molar-refractivity contribution in [2.24, 2.45) is 5.92 Å². The van der Waals surface area contributed by atoms with Crippen molar-refractivity contribution in [1.82, 2.24) is 4.90 Å². The van der Waals surface area contributed by atoms with E-state index in [0.29, 0.717) is 0 Å². The van der Waals surface area contributed by atoms with Crippen LogP contribution in [0.5, 0.6) is 0 Å². The van der Waals surface area contributed by atoms with Gasteiger partial charge in [-0.05, 0) is 32.9 Å². The average molecular weight is 141 g/mol. The first kappa shape index (κ1) is 8.06. The molecule has 0 spiro atoms. The van der Waals surface area contributed by atoms with Gasteiger partial charge in [0.2, 0.25) is 0 Å². The van der Waals surface area contributed by atoms with Crippen molar-refractivity contribution >= 4 is 0 Å². The van der Waals surface area contributed by atoms with Gasteiger partial charge in [-0.25, -0.2) is 0 Å². The van der Waals surface area contributed by atoms with E-state index < -0.39 is 0 Å². The molecule has 1 aliphatic rings. The van der Waals surface area contributed by atoms with E-state index >= 15 is 0 Å². The molecule has 0 amide bonds. The van der Waals surface area contributed by atoms with E-state index in [0.717, 1.165) is 12.0 Å². The van der Waals surface area contributed by atoms with E-state index in [1.54, 1.807) is 0 Å². The summed E-state index contributed by atoms with van der Waals surface area (Å²) in [5, 5.41) is 0. The minimum absolute atomic E-state index is 0.855. The van der Waals surface area contributed by atoms with Crippen LogP contribution in [0.15, 0.2) is 0 Å². The van der Waals surface area contributed by atoms with Crippen molar-refractivity contribution < 1.29 is 0 Å². The summed E-state index contributed by atoms with van der Waals surface area (Å²) in [7, 11) is 4.40. The molecule has 0 aliphatic heterocycles. The first-order valence-electron chi connectivity index (χ1n) is 4.38. The Morgan fingerprint density at radius 3 is 2.10 bits per heavy atom. The maximum atomic E-state index is 2.38. The summed E-state index contributed by atoms with van der Waals surface area (Å²) < 4.78 is 0. The van der Waals surface area contributed by atoms with Gasteiger partial charge in [0, 0.05) is 6.04 Å². The zero-order valence-electron chi connectivity index (χ0n) is 7.43. The Labute approximate surface area is 64.4 Å². The molecule has 1 aliphatic carbocycles. The second kappa shape index (κ2) is 3.38. The van der Waals surface area contributed by atoms with E-state index in [9.17, 15) is 0 Å². The Morgan fingerprint density at radius 2 is 1.70 bits per heavy atom. The number of hydrogen-bond donors (Lipinski definition) is 0. The van der Waals surface area contributed by atoms with Gasteiger partial charge in [0.1, 0.15) is 0 Å². The predicted octanol–water partition coefficient (Wildman–Crippen LogP) is 2.13. The van der Waals surface area contributed by atoms with Gasteiger partial charge in [-0.1, -0.05) is 19.8 Å². The molecule has 0 aromatic carbocycles. The highest BCUT2D eigenvalue weighted by Gasteiger charge is 2.22. The quantitative estimate of drug-likeness (QED) is 0.540. The largest absolute Gasteiger partial charge is 0.306 e. The van der Waals surface area contributed by atoms with Crippen molar-refractivity contribution in [3.63, 3.8) is 0 Å². The van der Waals surface area contributed by atoms with Gasteiger partial charge >= 0.3 is 0 Å². The maximum absolute atomic E-state index is 2.38. The van der Waals surface area contributed by atoms with Crippen LogP contribution in [-0.2, 0) is 0 Å². The van der Waals surface area contributed by atoms with Gasteiger partial charge in [-0.3, -0.25) is 0 Å². The molecule has 0 aromatic heterocycles. The summed E-state index contributed by atoms with van der Waals surface area (Å²) in [6.45, 7) is 2.38. The Balaban J connectivity index is 2.40. The van der Waals surface area contributed by atoms with Crippen LogP contribution in [0.3, 0.4) is 0 Å². The van der Waals surface area contributed by atoms with Crippen molar-refractivity contribution in [2.45, 2.75) is 38.6 Å². The highest BCUT2D eigenvalue weighted by Crippen LogP contribution is 2.26. The van der Waals surface area contributed by atoms with E-state index in [4.69, 9.17) is 0 Å². The number of rotatable bonds is 1. The van der Waals surface area contributed by atoms with E-state index in [1.807, 2.05) is 0 Å². The van der Waals surface area contributed by atoms with Crippen LogP contribution < -0.4 is 0 Å². The molecule has 0 aromatic rings. The summed E-state index contributed by atoms with van der Waals surface area (Å²) in [4.78, 5) is 2.38. The zero-order valence-corrected chi connectivity index (χ0v) is 7.43. The van der Waals surface area contributed by atoms with Crippen molar-refractivity contribution in [3.05, 3.63) is 0 Å². The summed E-state index contributed by atoms with van der Waals surface area (Å²) in [6.07, 6.45) is 5.73. The van der Waals surface area contributed by atoms with Gasteiger partial charge in [0.05, 0.1) is 0 Å². The van der Waals surface area contributed by atoms with Crippen LogP contribution in [-0.4, -0.2) is 25.0 Å². The summed E-state index contributed by atoms with van der Waals surface area (Å²) in [5.41, 5.74) is 0.